The average molecular weight is 381 g/mol. The molecule has 0 aliphatic rings. The van der Waals surface area contributed by atoms with Gasteiger partial charge in [0.2, 0.25) is 0 Å². The molecule has 2 aromatic heterocycles. The number of nitrogens with zero attached hydrogens (tertiary/aromatic N) is 3. The van der Waals surface area contributed by atoms with Crippen molar-refractivity contribution in [2.45, 2.75) is 46.1 Å². The summed E-state index contributed by atoms with van der Waals surface area (Å²) in [5, 5.41) is 0.830. The van der Waals surface area contributed by atoms with Gasteiger partial charge in [-0.1, -0.05) is 31.5 Å². The fourth-order valence-corrected chi connectivity index (χ4v) is 3.18. The smallest absolute Gasteiger partial charge is 0.359 e. The zero-order valence-electron chi connectivity index (χ0n) is 17.2. The molecular formula is C22H27N3O3. The van der Waals surface area contributed by atoms with Crippen LogP contribution in [0.3, 0.4) is 0 Å². The molecule has 0 fully saturated rings. The normalized spacial score (nSPS) is 11.8. The minimum absolute atomic E-state index is 0.0662. The molecule has 148 valence electrons. The second-order valence-electron chi connectivity index (χ2n) is 8.01. The van der Waals surface area contributed by atoms with E-state index in [2.05, 4.69) is 11.9 Å². The molecule has 0 radical (unpaired) electrons. The topological polar surface area (TPSA) is 63.9 Å². The molecule has 1 amide bonds. The van der Waals surface area contributed by atoms with E-state index in [1.165, 1.54) is 0 Å². The first-order valence-corrected chi connectivity index (χ1v) is 9.60. The summed E-state index contributed by atoms with van der Waals surface area (Å²) in [5.74, 6) is -0.563. The first kappa shape index (κ1) is 19.9. The van der Waals surface area contributed by atoms with Gasteiger partial charge in [-0.3, -0.25) is 9.20 Å². The van der Waals surface area contributed by atoms with Gasteiger partial charge in [-0.15, -0.1) is 0 Å². The van der Waals surface area contributed by atoms with E-state index in [4.69, 9.17) is 4.74 Å². The average Bonchev–Trinajstić information content (AvgIpc) is 3.07. The maximum absolute atomic E-state index is 13.1. The Bertz CT molecular complexity index is 1030. The number of carbonyl (C=O) groups excluding carboxylic acids is 2. The van der Waals surface area contributed by atoms with Crippen LogP contribution in [0.4, 0.5) is 0 Å². The maximum Gasteiger partial charge on any atom is 0.359 e. The lowest BCUT2D eigenvalue weighted by Crippen LogP contribution is -2.28. The number of hydrogen-bond acceptors (Lipinski definition) is 4. The summed E-state index contributed by atoms with van der Waals surface area (Å²) >= 11 is 0. The predicted octanol–water partition coefficient (Wildman–Crippen LogP) is 4.31. The molecule has 0 saturated heterocycles. The van der Waals surface area contributed by atoms with Crippen molar-refractivity contribution < 1.29 is 14.3 Å². The Hall–Kier alpha value is -2.89. The maximum atomic E-state index is 13.1. The minimum atomic E-state index is -0.622. The Morgan fingerprint density at radius 3 is 2.57 bits per heavy atom. The largest absolute Gasteiger partial charge is 0.455 e. The molecule has 6 nitrogen and oxygen atoms in total. The third-order valence-electron chi connectivity index (χ3n) is 4.56. The van der Waals surface area contributed by atoms with Crippen molar-refractivity contribution in [2.24, 2.45) is 0 Å². The number of unbranched alkanes of at least 4 members (excludes halogenated alkanes) is 1. The van der Waals surface area contributed by atoms with E-state index in [9.17, 15) is 9.59 Å². The first-order valence-electron chi connectivity index (χ1n) is 9.60. The Labute approximate surface area is 165 Å². The van der Waals surface area contributed by atoms with Gasteiger partial charge < -0.3 is 9.64 Å². The van der Waals surface area contributed by atoms with Gasteiger partial charge in [0.1, 0.15) is 11.9 Å². The highest BCUT2D eigenvalue weighted by Gasteiger charge is 2.24. The number of imidazole rings is 1. The molecule has 1 aromatic carbocycles. The second kappa shape index (κ2) is 7.62. The van der Waals surface area contributed by atoms with Crippen molar-refractivity contribution in [3.63, 3.8) is 0 Å². The molecule has 0 bridgehead atoms. The molecule has 28 heavy (non-hydrogen) atoms. The highest BCUT2D eigenvalue weighted by atomic mass is 16.6. The monoisotopic (exact) mass is 381 g/mol. The van der Waals surface area contributed by atoms with Crippen LogP contribution in [-0.4, -0.2) is 45.4 Å². The minimum Gasteiger partial charge on any atom is -0.455 e. The summed E-state index contributed by atoms with van der Waals surface area (Å²) in [6.45, 7) is 8.23. The zero-order valence-corrected chi connectivity index (χ0v) is 17.2. The van der Waals surface area contributed by atoms with E-state index in [-0.39, 0.29) is 11.6 Å². The number of aromatic nitrogens is 2. The number of para-hydroxylation sites is 1. The SMILES string of the molecule is CCCCN(C)C(=O)c1cc2c(C(=O)OC(C)(C)C)ncn2c2ccccc12. The van der Waals surface area contributed by atoms with Crippen LogP contribution in [0.5, 0.6) is 0 Å². The lowest BCUT2D eigenvalue weighted by atomic mass is 10.1. The number of fused-ring (bicyclic) bond motifs is 3. The van der Waals surface area contributed by atoms with Crippen molar-refractivity contribution in [1.82, 2.24) is 14.3 Å². The summed E-state index contributed by atoms with van der Waals surface area (Å²) in [6, 6.07) is 9.40. The molecule has 6 heteroatoms. The van der Waals surface area contributed by atoms with Gasteiger partial charge in [-0.2, -0.15) is 0 Å². The van der Waals surface area contributed by atoms with Crippen molar-refractivity contribution in [1.29, 1.82) is 0 Å². The van der Waals surface area contributed by atoms with E-state index in [0.717, 1.165) is 23.7 Å². The van der Waals surface area contributed by atoms with E-state index < -0.39 is 11.6 Å². The van der Waals surface area contributed by atoms with Crippen LogP contribution in [0.25, 0.3) is 16.4 Å². The molecule has 0 atom stereocenters. The van der Waals surface area contributed by atoms with Crippen LogP contribution < -0.4 is 0 Å². The summed E-state index contributed by atoms with van der Waals surface area (Å²) in [6.07, 6.45) is 3.56. The van der Waals surface area contributed by atoms with Gasteiger partial charge in [0.05, 0.1) is 16.6 Å². The number of pyridine rings is 1. The number of hydrogen-bond donors (Lipinski definition) is 0. The predicted molar refractivity (Wildman–Crippen MR) is 110 cm³/mol. The Balaban J connectivity index is 2.16. The van der Waals surface area contributed by atoms with E-state index in [1.54, 1.807) is 17.3 Å². The first-order chi connectivity index (χ1) is 13.2. The molecule has 3 aromatic rings. The highest BCUT2D eigenvalue weighted by Crippen LogP contribution is 2.26. The highest BCUT2D eigenvalue weighted by molar-refractivity contribution is 6.09. The van der Waals surface area contributed by atoms with Crippen LogP contribution in [0.2, 0.25) is 0 Å². The number of benzene rings is 1. The third kappa shape index (κ3) is 3.86. The van der Waals surface area contributed by atoms with Crippen LogP contribution in [0.1, 0.15) is 61.4 Å². The molecule has 0 N–H and O–H groups in total. The van der Waals surface area contributed by atoms with Gasteiger partial charge >= 0.3 is 5.97 Å². The number of amides is 1. The van der Waals surface area contributed by atoms with Gasteiger partial charge in [0.25, 0.3) is 5.91 Å². The van der Waals surface area contributed by atoms with E-state index >= 15 is 0 Å². The molecule has 2 heterocycles. The van der Waals surface area contributed by atoms with Crippen LogP contribution in [0.15, 0.2) is 36.7 Å². The molecule has 0 spiro atoms. The number of rotatable bonds is 5. The summed E-state index contributed by atoms with van der Waals surface area (Å²) < 4.78 is 7.32. The summed E-state index contributed by atoms with van der Waals surface area (Å²) in [4.78, 5) is 31.8. The fraction of sp³-hybridized carbons (Fsp3) is 0.409. The van der Waals surface area contributed by atoms with Gasteiger partial charge in [0, 0.05) is 19.0 Å². The Morgan fingerprint density at radius 1 is 1.18 bits per heavy atom. The van der Waals surface area contributed by atoms with E-state index in [1.807, 2.05) is 56.5 Å². The summed E-state index contributed by atoms with van der Waals surface area (Å²) in [7, 11) is 1.81. The second-order valence-corrected chi connectivity index (χ2v) is 8.01. The van der Waals surface area contributed by atoms with Gasteiger partial charge in [-0.25, -0.2) is 9.78 Å². The molecule has 0 saturated carbocycles. The Morgan fingerprint density at radius 2 is 1.89 bits per heavy atom. The van der Waals surface area contributed by atoms with Crippen LogP contribution >= 0.6 is 0 Å². The van der Waals surface area contributed by atoms with Crippen molar-refractivity contribution in [3.8, 4) is 0 Å². The van der Waals surface area contributed by atoms with E-state index in [0.29, 0.717) is 17.6 Å². The molecule has 0 aliphatic heterocycles. The number of ether oxygens (including phenoxy) is 1. The van der Waals surface area contributed by atoms with Crippen LogP contribution in [0, 0.1) is 0 Å². The standard InChI is InChI=1S/C22H27N3O3/c1-6-7-12-24(5)20(26)16-13-18-19(21(27)28-22(2,3)4)23-14-25(18)17-11-9-8-10-15(16)17/h8-11,13-14H,6-7,12H2,1-5H3. The van der Waals surface area contributed by atoms with Crippen molar-refractivity contribution in [2.75, 3.05) is 13.6 Å². The molecule has 0 unspecified atom stereocenters. The number of esters is 1. The lowest BCUT2D eigenvalue weighted by molar-refractivity contribution is 0.00656. The quantitative estimate of drug-likeness (QED) is 0.618. The Kier molecular flexibility index (Phi) is 5.40. The van der Waals surface area contributed by atoms with Crippen molar-refractivity contribution in [3.05, 3.63) is 47.9 Å². The molecule has 3 rings (SSSR count). The molecular weight excluding hydrogens is 354 g/mol. The fourth-order valence-electron chi connectivity index (χ4n) is 3.18. The van der Waals surface area contributed by atoms with Crippen LogP contribution in [-0.2, 0) is 4.74 Å². The van der Waals surface area contributed by atoms with Gasteiger partial charge in [0.15, 0.2) is 5.69 Å². The van der Waals surface area contributed by atoms with Gasteiger partial charge in [-0.05, 0) is 39.3 Å². The number of carbonyl (C=O) groups is 2. The summed E-state index contributed by atoms with van der Waals surface area (Å²) in [5.41, 5.74) is 1.55. The third-order valence-corrected chi connectivity index (χ3v) is 4.56. The lowest BCUT2D eigenvalue weighted by Gasteiger charge is -2.19. The van der Waals surface area contributed by atoms with Crippen molar-refractivity contribution >= 4 is 28.3 Å². The molecule has 0 aliphatic carbocycles. The zero-order chi connectivity index (χ0) is 20.5.